The number of rotatable bonds is 4. The number of aromatic nitrogens is 1. The molecule has 0 aliphatic heterocycles. The van der Waals surface area contributed by atoms with E-state index in [0.29, 0.717) is 0 Å². The molecule has 0 spiro atoms. The molecule has 0 unspecified atom stereocenters. The van der Waals surface area contributed by atoms with Gasteiger partial charge < -0.3 is 10.4 Å². The molecule has 1 rings (SSSR count). The first-order chi connectivity index (χ1) is 7.00. The van der Waals surface area contributed by atoms with Crippen LogP contribution in [0.3, 0.4) is 0 Å². The van der Waals surface area contributed by atoms with Crippen molar-refractivity contribution in [1.82, 2.24) is 9.88 Å². The lowest BCUT2D eigenvalue weighted by molar-refractivity contribution is -0.122. The Kier molecular flexibility index (Phi) is 4.05. The second-order valence-electron chi connectivity index (χ2n) is 3.38. The van der Waals surface area contributed by atoms with Gasteiger partial charge in [0.05, 0.1) is 6.10 Å². The van der Waals surface area contributed by atoms with Gasteiger partial charge in [-0.2, -0.15) is 0 Å². The van der Waals surface area contributed by atoms with Gasteiger partial charge >= 0.3 is 4.87 Å². The van der Waals surface area contributed by atoms with E-state index in [2.05, 4.69) is 5.32 Å². The summed E-state index contributed by atoms with van der Waals surface area (Å²) in [6, 6.07) is 0. The maximum Gasteiger partial charge on any atom is 0.307 e. The Bertz CT molecular complexity index is 394. The molecule has 1 aromatic rings. The average molecular weight is 230 g/mol. The number of thiazole rings is 1. The SMILES string of the molecule is Cc1csc(=O)n1CC(=O)NC[C@@H](C)O. The first kappa shape index (κ1) is 11.9. The number of amides is 1. The number of nitrogens with zero attached hydrogens (tertiary/aromatic N) is 1. The number of aliphatic hydroxyl groups is 1. The number of nitrogens with one attached hydrogen (secondary N) is 1. The molecular formula is C9H14N2O3S. The van der Waals surface area contributed by atoms with Crippen molar-refractivity contribution < 1.29 is 9.90 Å². The van der Waals surface area contributed by atoms with Gasteiger partial charge in [-0.1, -0.05) is 11.3 Å². The van der Waals surface area contributed by atoms with Crippen LogP contribution in [0.4, 0.5) is 0 Å². The van der Waals surface area contributed by atoms with Crippen LogP contribution in [-0.2, 0) is 11.3 Å². The van der Waals surface area contributed by atoms with Gasteiger partial charge in [-0.3, -0.25) is 14.2 Å². The molecule has 0 aliphatic carbocycles. The number of carbonyl (C=O) groups excluding carboxylic acids is 1. The van der Waals surface area contributed by atoms with E-state index in [4.69, 9.17) is 5.11 Å². The lowest BCUT2D eigenvalue weighted by Gasteiger charge is -2.07. The van der Waals surface area contributed by atoms with E-state index in [0.717, 1.165) is 17.0 Å². The van der Waals surface area contributed by atoms with E-state index in [1.54, 1.807) is 19.2 Å². The summed E-state index contributed by atoms with van der Waals surface area (Å²) in [5, 5.41) is 13.2. The molecule has 1 atom stereocenters. The molecule has 0 fully saturated rings. The van der Waals surface area contributed by atoms with Crippen LogP contribution in [0.5, 0.6) is 0 Å². The van der Waals surface area contributed by atoms with Crippen molar-refractivity contribution >= 4 is 17.2 Å². The molecule has 6 heteroatoms. The quantitative estimate of drug-likeness (QED) is 0.747. The maximum absolute atomic E-state index is 11.3. The highest BCUT2D eigenvalue weighted by molar-refractivity contribution is 7.07. The Morgan fingerprint density at radius 1 is 1.73 bits per heavy atom. The summed E-state index contributed by atoms with van der Waals surface area (Å²) in [5.41, 5.74) is 0.775. The first-order valence-corrected chi connectivity index (χ1v) is 5.48. The normalized spacial score (nSPS) is 12.5. The largest absolute Gasteiger partial charge is 0.392 e. The average Bonchev–Trinajstić information content (AvgIpc) is 2.46. The Morgan fingerprint density at radius 3 is 2.87 bits per heavy atom. The Labute approximate surface area is 91.4 Å². The summed E-state index contributed by atoms with van der Waals surface area (Å²) in [6.07, 6.45) is -0.575. The number of hydrogen-bond donors (Lipinski definition) is 2. The van der Waals surface area contributed by atoms with Gasteiger partial charge in [-0.15, -0.1) is 0 Å². The van der Waals surface area contributed by atoms with Crippen LogP contribution in [0.15, 0.2) is 10.2 Å². The summed E-state index contributed by atoms with van der Waals surface area (Å²) in [5.74, 6) is -0.264. The number of carbonyl (C=O) groups is 1. The standard InChI is InChI=1S/C9H14N2O3S/c1-6-5-15-9(14)11(6)4-8(13)10-3-7(2)12/h5,7,12H,3-4H2,1-2H3,(H,10,13)/t7-/m1/s1. The molecule has 2 N–H and O–H groups in total. The van der Waals surface area contributed by atoms with Crippen LogP contribution in [0.2, 0.25) is 0 Å². The fraction of sp³-hybridized carbons (Fsp3) is 0.556. The van der Waals surface area contributed by atoms with Crippen molar-refractivity contribution in [2.75, 3.05) is 6.54 Å². The van der Waals surface area contributed by atoms with Crippen LogP contribution in [-0.4, -0.2) is 28.2 Å². The Hall–Kier alpha value is -1.14. The van der Waals surface area contributed by atoms with Gasteiger partial charge in [0.2, 0.25) is 5.91 Å². The van der Waals surface area contributed by atoms with Gasteiger partial charge in [0.15, 0.2) is 0 Å². The molecule has 1 aromatic heterocycles. The zero-order valence-corrected chi connectivity index (χ0v) is 9.50. The highest BCUT2D eigenvalue weighted by Gasteiger charge is 2.08. The van der Waals surface area contributed by atoms with Crippen molar-refractivity contribution in [2.45, 2.75) is 26.5 Å². The summed E-state index contributed by atoms with van der Waals surface area (Å²) in [6.45, 7) is 3.58. The third-order valence-electron chi connectivity index (χ3n) is 1.87. The zero-order chi connectivity index (χ0) is 11.4. The molecule has 0 bridgehead atoms. The molecule has 0 aromatic carbocycles. The highest BCUT2D eigenvalue weighted by Crippen LogP contribution is 1.98. The van der Waals surface area contributed by atoms with Crippen molar-refractivity contribution in [3.63, 3.8) is 0 Å². The fourth-order valence-corrected chi connectivity index (χ4v) is 1.79. The van der Waals surface area contributed by atoms with Crippen molar-refractivity contribution in [2.24, 2.45) is 0 Å². The molecule has 0 radical (unpaired) electrons. The zero-order valence-electron chi connectivity index (χ0n) is 8.69. The third kappa shape index (κ3) is 3.49. The van der Waals surface area contributed by atoms with Crippen LogP contribution >= 0.6 is 11.3 Å². The van der Waals surface area contributed by atoms with Gasteiger partial charge in [-0.05, 0) is 13.8 Å². The molecule has 84 valence electrons. The number of aliphatic hydroxyl groups excluding tert-OH is 1. The van der Waals surface area contributed by atoms with Crippen LogP contribution in [0, 0.1) is 6.92 Å². The second kappa shape index (κ2) is 5.09. The van der Waals surface area contributed by atoms with Crippen molar-refractivity contribution in [3.8, 4) is 0 Å². The van der Waals surface area contributed by atoms with E-state index >= 15 is 0 Å². The van der Waals surface area contributed by atoms with E-state index in [-0.39, 0.29) is 23.9 Å². The minimum Gasteiger partial charge on any atom is -0.392 e. The summed E-state index contributed by atoms with van der Waals surface area (Å²) >= 11 is 1.08. The van der Waals surface area contributed by atoms with E-state index < -0.39 is 6.10 Å². The minimum atomic E-state index is -0.575. The van der Waals surface area contributed by atoms with Gasteiger partial charge in [0, 0.05) is 17.6 Å². The third-order valence-corrected chi connectivity index (χ3v) is 2.75. The summed E-state index contributed by atoms with van der Waals surface area (Å²) in [4.78, 5) is 22.5. The first-order valence-electron chi connectivity index (χ1n) is 4.60. The molecule has 5 nitrogen and oxygen atoms in total. The summed E-state index contributed by atoms with van der Waals surface area (Å²) in [7, 11) is 0. The highest BCUT2D eigenvalue weighted by atomic mass is 32.1. The fourth-order valence-electron chi connectivity index (χ4n) is 1.06. The van der Waals surface area contributed by atoms with E-state index in [1.165, 1.54) is 4.57 Å². The predicted octanol–water partition coefficient (Wildman–Crippen LogP) is -0.285. The molecule has 0 saturated heterocycles. The van der Waals surface area contributed by atoms with Crippen LogP contribution in [0.1, 0.15) is 12.6 Å². The monoisotopic (exact) mass is 230 g/mol. The number of aryl methyl sites for hydroxylation is 1. The second-order valence-corrected chi connectivity index (χ2v) is 4.20. The molecule has 0 aliphatic rings. The smallest absolute Gasteiger partial charge is 0.307 e. The molecular weight excluding hydrogens is 216 g/mol. The Balaban J connectivity index is 2.55. The lowest BCUT2D eigenvalue weighted by Crippen LogP contribution is -2.35. The maximum atomic E-state index is 11.3. The van der Waals surface area contributed by atoms with Gasteiger partial charge in [-0.25, -0.2) is 0 Å². The van der Waals surface area contributed by atoms with Gasteiger partial charge in [0.25, 0.3) is 0 Å². The van der Waals surface area contributed by atoms with Crippen LogP contribution < -0.4 is 10.2 Å². The molecule has 1 amide bonds. The number of hydrogen-bond acceptors (Lipinski definition) is 4. The Morgan fingerprint density at radius 2 is 2.40 bits per heavy atom. The molecule has 0 saturated carbocycles. The minimum absolute atomic E-state index is 0.0148. The van der Waals surface area contributed by atoms with Gasteiger partial charge in [0.1, 0.15) is 6.54 Å². The summed E-state index contributed by atoms with van der Waals surface area (Å²) < 4.78 is 1.40. The van der Waals surface area contributed by atoms with Crippen molar-refractivity contribution in [3.05, 3.63) is 20.7 Å². The predicted molar refractivity (Wildman–Crippen MR) is 58.0 cm³/mol. The molecule has 1 heterocycles. The topological polar surface area (TPSA) is 71.3 Å². The van der Waals surface area contributed by atoms with Crippen LogP contribution in [0.25, 0.3) is 0 Å². The van der Waals surface area contributed by atoms with E-state index in [9.17, 15) is 9.59 Å². The lowest BCUT2D eigenvalue weighted by atomic mass is 10.4. The van der Waals surface area contributed by atoms with E-state index in [1.807, 2.05) is 0 Å². The molecule has 15 heavy (non-hydrogen) atoms. The van der Waals surface area contributed by atoms with Crippen molar-refractivity contribution in [1.29, 1.82) is 0 Å².